The van der Waals surface area contributed by atoms with Gasteiger partial charge in [0.25, 0.3) is 0 Å². The molecule has 16 heavy (non-hydrogen) atoms. The lowest BCUT2D eigenvalue weighted by Crippen LogP contribution is -2.00. The fraction of sp³-hybridized carbons (Fsp3) is 0.333. The van der Waals surface area contributed by atoms with Crippen LogP contribution in [0.2, 0.25) is 0 Å². The van der Waals surface area contributed by atoms with E-state index in [4.69, 9.17) is 5.73 Å². The number of esters is 1. The lowest BCUT2D eigenvalue weighted by atomic mass is 10.1. The van der Waals surface area contributed by atoms with Crippen molar-refractivity contribution >= 4 is 17.7 Å². The van der Waals surface area contributed by atoms with E-state index in [-0.39, 0.29) is 0 Å². The van der Waals surface area contributed by atoms with Gasteiger partial charge in [0, 0.05) is 6.08 Å². The summed E-state index contributed by atoms with van der Waals surface area (Å²) < 4.78 is 4.52. The summed E-state index contributed by atoms with van der Waals surface area (Å²) in [4.78, 5) is 15.3. The van der Waals surface area contributed by atoms with Gasteiger partial charge in [-0.2, -0.15) is 0 Å². The number of aromatic nitrogens is 1. The molecule has 2 N–H and O–H groups in total. The van der Waals surface area contributed by atoms with Gasteiger partial charge in [0.1, 0.15) is 0 Å². The molecule has 0 atom stereocenters. The summed E-state index contributed by atoms with van der Waals surface area (Å²) in [7, 11) is 1.34. The smallest absolute Gasteiger partial charge is 0.330 e. The molecular formula is C12H16N2O2. The average Bonchev–Trinajstić information content (AvgIpc) is 2.29. The zero-order valence-electron chi connectivity index (χ0n) is 9.78. The molecule has 1 aromatic rings. The number of aryl methyl sites for hydroxylation is 2. The highest BCUT2D eigenvalue weighted by molar-refractivity contribution is 5.86. The van der Waals surface area contributed by atoms with E-state index in [9.17, 15) is 4.79 Å². The van der Waals surface area contributed by atoms with Gasteiger partial charge in [0.05, 0.1) is 24.2 Å². The summed E-state index contributed by atoms with van der Waals surface area (Å²) in [5.41, 5.74) is 8.99. The Balaban J connectivity index is 3.07. The molecule has 0 saturated heterocycles. The molecule has 4 heteroatoms. The zero-order chi connectivity index (χ0) is 12.1. The monoisotopic (exact) mass is 220 g/mol. The fourth-order valence-corrected chi connectivity index (χ4v) is 1.33. The highest BCUT2D eigenvalue weighted by atomic mass is 16.5. The minimum atomic E-state index is -0.390. The Bertz CT molecular complexity index is 425. The van der Waals surface area contributed by atoms with Crippen molar-refractivity contribution in [3.8, 4) is 0 Å². The number of pyridine rings is 1. The van der Waals surface area contributed by atoms with Crippen LogP contribution < -0.4 is 5.73 Å². The van der Waals surface area contributed by atoms with Gasteiger partial charge in [-0.15, -0.1) is 0 Å². The van der Waals surface area contributed by atoms with Crippen LogP contribution in [0.4, 0.5) is 5.69 Å². The van der Waals surface area contributed by atoms with Crippen molar-refractivity contribution in [3.05, 3.63) is 29.1 Å². The van der Waals surface area contributed by atoms with E-state index in [2.05, 4.69) is 9.72 Å². The minimum absolute atomic E-state index is 0.390. The first kappa shape index (κ1) is 12.2. The third-order valence-electron chi connectivity index (χ3n) is 2.32. The summed E-state index contributed by atoms with van der Waals surface area (Å²) in [5.74, 6) is -0.390. The summed E-state index contributed by atoms with van der Waals surface area (Å²) in [5, 5.41) is 0. The van der Waals surface area contributed by atoms with Gasteiger partial charge in [-0.25, -0.2) is 4.79 Å². The number of rotatable bonds is 3. The topological polar surface area (TPSA) is 65.2 Å². The van der Waals surface area contributed by atoms with Gasteiger partial charge in [-0.1, -0.05) is 6.92 Å². The van der Waals surface area contributed by atoms with E-state index in [1.54, 1.807) is 6.08 Å². The molecular weight excluding hydrogens is 204 g/mol. The zero-order valence-corrected chi connectivity index (χ0v) is 9.78. The minimum Gasteiger partial charge on any atom is -0.466 e. The second-order valence-corrected chi connectivity index (χ2v) is 3.42. The average molecular weight is 220 g/mol. The molecule has 86 valence electrons. The molecule has 0 bridgehead atoms. The maximum absolute atomic E-state index is 11.0. The summed E-state index contributed by atoms with van der Waals surface area (Å²) >= 11 is 0. The number of hydrogen-bond acceptors (Lipinski definition) is 4. The Morgan fingerprint density at radius 1 is 1.62 bits per heavy atom. The number of carbonyl (C=O) groups is 1. The van der Waals surface area contributed by atoms with Crippen LogP contribution in [0.1, 0.15) is 23.9 Å². The Labute approximate surface area is 95.1 Å². The molecule has 0 radical (unpaired) electrons. The van der Waals surface area contributed by atoms with Crippen LogP contribution in [-0.2, 0) is 16.0 Å². The van der Waals surface area contributed by atoms with Crippen LogP contribution in [0, 0.1) is 6.92 Å². The predicted molar refractivity (Wildman–Crippen MR) is 63.8 cm³/mol. The van der Waals surface area contributed by atoms with Crippen LogP contribution in [0.3, 0.4) is 0 Å². The number of anilines is 1. The summed E-state index contributed by atoms with van der Waals surface area (Å²) in [6.07, 6.45) is 3.83. The van der Waals surface area contributed by atoms with Gasteiger partial charge in [0.2, 0.25) is 0 Å². The standard InChI is InChI=1S/C12H16N2O2/c1-4-9-7-10(13)8(2)14-11(9)5-6-12(15)16-3/h5-7H,4,13H2,1-3H3/b6-5+. The van der Waals surface area contributed by atoms with E-state index in [0.717, 1.165) is 23.4 Å². The van der Waals surface area contributed by atoms with Crippen molar-refractivity contribution in [2.45, 2.75) is 20.3 Å². The van der Waals surface area contributed by atoms with Gasteiger partial charge < -0.3 is 10.5 Å². The fourth-order valence-electron chi connectivity index (χ4n) is 1.33. The summed E-state index contributed by atoms with van der Waals surface area (Å²) in [6, 6.07) is 1.89. The highest BCUT2D eigenvalue weighted by Gasteiger charge is 2.04. The Morgan fingerprint density at radius 2 is 2.31 bits per heavy atom. The van der Waals surface area contributed by atoms with Crippen molar-refractivity contribution in [2.24, 2.45) is 0 Å². The third-order valence-corrected chi connectivity index (χ3v) is 2.32. The van der Waals surface area contributed by atoms with Gasteiger partial charge in [-0.3, -0.25) is 4.98 Å². The van der Waals surface area contributed by atoms with E-state index in [1.165, 1.54) is 13.2 Å². The molecule has 1 aromatic heterocycles. The van der Waals surface area contributed by atoms with Crippen LogP contribution in [0.25, 0.3) is 6.08 Å². The molecule has 0 unspecified atom stereocenters. The number of nitrogen functional groups attached to an aromatic ring is 1. The van der Waals surface area contributed by atoms with Crippen molar-refractivity contribution < 1.29 is 9.53 Å². The van der Waals surface area contributed by atoms with Crippen molar-refractivity contribution in [2.75, 3.05) is 12.8 Å². The molecule has 1 heterocycles. The number of methoxy groups -OCH3 is 1. The molecule has 1 rings (SSSR count). The number of nitrogens with zero attached hydrogens (tertiary/aromatic N) is 1. The van der Waals surface area contributed by atoms with Crippen LogP contribution in [-0.4, -0.2) is 18.1 Å². The molecule has 0 saturated carbocycles. The molecule has 0 amide bonds. The second-order valence-electron chi connectivity index (χ2n) is 3.42. The van der Waals surface area contributed by atoms with Crippen LogP contribution in [0.5, 0.6) is 0 Å². The third kappa shape index (κ3) is 2.82. The quantitative estimate of drug-likeness (QED) is 0.622. The predicted octanol–water partition coefficient (Wildman–Crippen LogP) is 1.72. The maximum Gasteiger partial charge on any atom is 0.330 e. The van der Waals surface area contributed by atoms with E-state index < -0.39 is 5.97 Å². The molecule has 0 fully saturated rings. The molecule has 0 aliphatic heterocycles. The molecule has 0 spiro atoms. The lowest BCUT2D eigenvalue weighted by molar-refractivity contribution is -0.134. The van der Waals surface area contributed by atoms with Crippen LogP contribution >= 0.6 is 0 Å². The first-order valence-corrected chi connectivity index (χ1v) is 5.10. The number of nitrogens with two attached hydrogens (primary N) is 1. The number of ether oxygens (including phenoxy) is 1. The number of carbonyl (C=O) groups excluding carboxylic acids is 1. The lowest BCUT2D eigenvalue weighted by Gasteiger charge is -2.06. The SMILES string of the molecule is CCc1cc(N)c(C)nc1/C=C/C(=O)OC. The van der Waals surface area contributed by atoms with Gasteiger partial charge in [-0.05, 0) is 31.1 Å². The van der Waals surface area contributed by atoms with Crippen molar-refractivity contribution in [1.82, 2.24) is 4.98 Å². The van der Waals surface area contributed by atoms with E-state index in [0.29, 0.717) is 5.69 Å². The van der Waals surface area contributed by atoms with E-state index >= 15 is 0 Å². The molecule has 0 aliphatic rings. The van der Waals surface area contributed by atoms with Gasteiger partial charge in [0.15, 0.2) is 0 Å². The first-order valence-electron chi connectivity index (χ1n) is 5.10. The number of hydrogen-bond donors (Lipinski definition) is 1. The summed E-state index contributed by atoms with van der Waals surface area (Å²) in [6.45, 7) is 3.85. The van der Waals surface area contributed by atoms with Gasteiger partial charge >= 0.3 is 5.97 Å². The molecule has 4 nitrogen and oxygen atoms in total. The normalized spacial score (nSPS) is 10.7. The Kier molecular flexibility index (Phi) is 4.05. The first-order chi connectivity index (χ1) is 7.58. The van der Waals surface area contributed by atoms with Crippen molar-refractivity contribution in [3.63, 3.8) is 0 Å². The second kappa shape index (κ2) is 5.30. The molecule has 0 aliphatic carbocycles. The Hall–Kier alpha value is -1.84. The van der Waals surface area contributed by atoms with Crippen LogP contribution in [0.15, 0.2) is 12.1 Å². The van der Waals surface area contributed by atoms with E-state index in [1.807, 2.05) is 19.9 Å². The highest BCUT2D eigenvalue weighted by Crippen LogP contribution is 2.16. The Morgan fingerprint density at radius 3 is 2.88 bits per heavy atom. The molecule has 0 aromatic carbocycles. The van der Waals surface area contributed by atoms with Crippen molar-refractivity contribution in [1.29, 1.82) is 0 Å². The largest absolute Gasteiger partial charge is 0.466 e. The maximum atomic E-state index is 11.0.